The van der Waals surface area contributed by atoms with Gasteiger partial charge in [0.25, 0.3) is 0 Å². The van der Waals surface area contributed by atoms with Crippen LogP contribution in [0.4, 0.5) is 0 Å². The van der Waals surface area contributed by atoms with E-state index in [0.29, 0.717) is 0 Å². The number of aromatic nitrogens is 1. The number of carboxylic acids is 1. The van der Waals surface area contributed by atoms with Gasteiger partial charge < -0.3 is 14.9 Å². The first kappa shape index (κ1) is 6.54. The van der Waals surface area contributed by atoms with Crippen LogP contribution in [-0.4, -0.2) is 16.7 Å². The van der Waals surface area contributed by atoms with E-state index in [0.717, 1.165) is 0 Å². The third-order valence-electron chi connectivity index (χ3n) is 1.05. The Kier molecular flexibility index (Phi) is 1.53. The maximum atomic E-state index is 10.5. The highest BCUT2D eigenvalue weighted by atomic mass is 16.4. The summed E-state index contributed by atoms with van der Waals surface area (Å²) in [5, 5.41) is 9.92. The number of nitrogens with one attached hydrogen (secondary N) is 1. The van der Waals surface area contributed by atoms with E-state index < -0.39 is 11.8 Å². The number of carbonyl (C=O) groups excluding carboxylic acids is 2. The van der Waals surface area contributed by atoms with Gasteiger partial charge in [0.2, 0.25) is 5.78 Å². The molecular formula is C6H4NO3-. The highest BCUT2D eigenvalue weighted by molar-refractivity contribution is 6.38. The van der Waals surface area contributed by atoms with E-state index in [9.17, 15) is 14.7 Å². The monoisotopic (exact) mass is 138 g/mol. The lowest BCUT2D eigenvalue weighted by atomic mass is 10.2. The Morgan fingerprint density at radius 1 is 1.50 bits per heavy atom. The van der Waals surface area contributed by atoms with Gasteiger partial charge in [-0.25, -0.2) is 0 Å². The maximum Gasteiger partial charge on any atom is 0.209 e. The highest BCUT2D eigenvalue weighted by Crippen LogP contribution is 1.95. The molecule has 0 aliphatic carbocycles. The molecule has 0 saturated heterocycles. The molecule has 1 aromatic rings. The van der Waals surface area contributed by atoms with Crippen molar-refractivity contribution in [2.75, 3.05) is 0 Å². The van der Waals surface area contributed by atoms with Crippen molar-refractivity contribution in [2.45, 2.75) is 0 Å². The largest absolute Gasteiger partial charge is 0.541 e. The van der Waals surface area contributed by atoms with Gasteiger partial charge >= 0.3 is 0 Å². The van der Waals surface area contributed by atoms with Gasteiger partial charge in [-0.05, 0) is 6.07 Å². The fourth-order valence-electron chi connectivity index (χ4n) is 0.583. The van der Waals surface area contributed by atoms with Crippen LogP contribution in [0.25, 0.3) is 0 Å². The van der Waals surface area contributed by atoms with Crippen LogP contribution in [0.2, 0.25) is 0 Å². The number of rotatable bonds is 2. The molecule has 0 fully saturated rings. The number of aromatic amines is 1. The zero-order valence-electron chi connectivity index (χ0n) is 4.96. The molecule has 4 heteroatoms. The van der Waals surface area contributed by atoms with Crippen LogP contribution < -0.4 is 5.11 Å². The lowest BCUT2D eigenvalue weighted by Gasteiger charge is -1.94. The Hall–Kier alpha value is -1.58. The Balaban J connectivity index is 2.88. The second-order valence-corrected chi connectivity index (χ2v) is 1.72. The SMILES string of the molecule is O=C([O-])C(=O)c1cc[nH]c1. The topological polar surface area (TPSA) is 73.0 Å². The van der Waals surface area contributed by atoms with E-state index >= 15 is 0 Å². The fourth-order valence-corrected chi connectivity index (χ4v) is 0.583. The van der Waals surface area contributed by atoms with Crippen molar-refractivity contribution in [3.8, 4) is 0 Å². The first-order valence-electron chi connectivity index (χ1n) is 2.60. The number of aliphatic carboxylic acids is 1. The Labute approximate surface area is 56.5 Å². The van der Waals surface area contributed by atoms with Gasteiger partial charge in [0, 0.05) is 18.0 Å². The number of carbonyl (C=O) groups is 2. The molecule has 0 radical (unpaired) electrons. The average molecular weight is 138 g/mol. The molecule has 1 heterocycles. The third-order valence-corrected chi connectivity index (χ3v) is 1.05. The minimum atomic E-state index is -1.68. The van der Waals surface area contributed by atoms with E-state index in [1.54, 1.807) is 0 Å². The Morgan fingerprint density at radius 2 is 2.20 bits per heavy atom. The van der Waals surface area contributed by atoms with Crippen molar-refractivity contribution in [3.05, 3.63) is 24.0 Å². The molecule has 1 rings (SSSR count). The summed E-state index contributed by atoms with van der Waals surface area (Å²) in [5.74, 6) is -2.68. The third kappa shape index (κ3) is 1.05. The molecule has 0 aliphatic rings. The van der Waals surface area contributed by atoms with Gasteiger partial charge in [0.1, 0.15) is 5.97 Å². The summed E-state index contributed by atoms with van der Waals surface area (Å²) in [5.41, 5.74) is 0.111. The molecule has 0 aromatic carbocycles. The number of H-pyrrole nitrogens is 1. The first-order chi connectivity index (χ1) is 4.72. The van der Waals surface area contributed by atoms with Crippen molar-refractivity contribution < 1.29 is 14.7 Å². The van der Waals surface area contributed by atoms with Crippen LogP contribution in [0.3, 0.4) is 0 Å². The van der Waals surface area contributed by atoms with Crippen LogP contribution in [0.1, 0.15) is 10.4 Å². The van der Waals surface area contributed by atoms with Gasteiger partial charge in [-0.2, -0.15) is 0 Å². The zero-order chi connectivity index (χ0) is 7.56. The smallest absolute Gasteiger partial charge is 0.209 e. The molecule has 0 aliphatic heterocycles. The predicted octanol–water partition coefficient (Wildman–Crippen LogP) is -1.05. The van der Waals surface area contributed by atoms with Gasteiger partial charge in [-0.3, -0.25) is 4.79 Å². The average Bonchev–Trinajstić information content (AvgIpc) is 2.36. The van der Waals surface area contributed by atoms with Crippen molar-refractivity contribution in [1.82, 2.24) is 4.98 Å². The van der Waals surface area contributed by atoms with Crippen LogP contribution in [0, 0.1) is 0 Å². The van der Waals surface area contributed by atoms with Gasteiger partial charge in [0.15, 0.2) is 0 Å². The molecule has 4 nitrogen and oxygen atoms in total. The summed E-state index contributed by atoms with van der Waals surface area (Å²) in [4.78, 5) is 23.0. The molecule has 0 saturated carbocycles. The number of ketones is 1. The van der Waals surface area contributed by atoms with Crippen molar-refractivity contribution in [1.29, 1.82) is 0 Å². The summed E-state index contributed by atoms with van der Waals surface area (Å²) < 4.78 is 0. The highest BCUT2D eigenvalue weighted by Gasteiger charge is 2.04. The summed E-state index contributed by atoms with van der Waals surface area (Å²) in [7, 11) is 0. The van der Waals surface area contributed by atoms with Gasteiger partial charge in [-0.15, -0.1) is 0 Å². The Morgan fingerprint density at radius 3 is 2.60 bits per heavy atom. The molecule has 0 spiro atoms. The van der Waals surface area contributed by atoms with E-state index in [2.05, 4.69) is 4.98 Å². The Bertz CT molecular complexity index is 250. The summed E-state index contributed by atoms with van der Waals surface area (Å²) in [6.45, 7) is 0. The quantitative estimate of drug-likeness (QED) is 0.418. The van der Waals surface area contributed by atoms with Gasteiger partial charge in [-0.1, -0.05) is 0 Å². The number of hydrogen-bond donors (Lipinski definition) is 1. The normalized spacial score (nSPS) is 9.20. The molecule has 0 amide bonds. The minimum Gasteiger partial charge on any atom is -0.541 e. The molecule has 0 unspecified atom stereocenters. The fraction of sp³-hybridized carbons (Fsp3) is 0. The van der Waals surface area contributed by atoms with E-state index in [1.807, 2.05) is 0 Å². The molecule has 0 atom stereocenters. The van der Waals surface area contributed by atoms with E-state index in [-0.39, 0.29) is 5.56 Å². The molecule has 1 N–H and O–H groups in total. The molecule has 0 bridgehead atoms. The molecular weight excluding hydrogens is 134 g/mol. The zero-order valence-corrected chi connectivity index (χ0v) is 4.96. The van der Waals surface area contributed by atoms with Crippen LogP contribution in [0.5, 0.6) is 0 Å². The van der Waals surface area contributed by atoms with Crippen LogP contribution in [-0.2, 0) is 4.79 Å². The maximum absolute atomic E-state index is 10.5. The standard InChI is InChI=1S/C6H5NO3/c8-5(6(9)10)4-1-2-7-3-4/h1-3,7H,(H,9,10)/p-1. The predicted molar refractivity (Wildman–Crippen MR) is 30.1 cm³/mol. The van der Waals surface area contributed by atoms with E-state index in [1.165, 1.54) is 18.5 Å². The number of hydrogen-bond acceptors (Lipinski definition) is 3. The van der Waals surface area contributed by atoms with Crippen molar-refractivity contribution in [3.63, 3.8) is 0 Å². The number of Topliss-reactive ketones (excluding diaryl/α,β-unsaturated/α-hetero) is 1. The molecule has 52 valence electrons. The molecule has 1 aromatic heterocycles. The second kappa shape index (κ2) is 2.34. The second-order valence-electron chi connectivity index (χ2n) is 1.72. The first-order valence-corrected chi connectivity index (χ1v) is 2.60. The summed E-state index contributed by atoms with van der Waals surface area (Å²) in [6.07, 6.45) is 2.77. The number of carboxylic acid groups (broad SMARTS) is 1. The van der Waals surface area contributed by atoms with Gasteiger partial charge in [0.05, 0.1) is 0 Å². The molecule has 10 heavy (non-hydrogen) atoms. The lowest BCUT2D eigenvalue weighted by molar-refractivity contribution is -0.296. The summed E-state index contributed by atoms with van der Waals surface area (Å²) in [6, 6.07) is 1.37. The van der Waals surface area contributed by atoms with Crippen LogP contribution in [0.15, 0.2) is 18.5 Å². The summed E-state index contributed by atoms with van der Waals surface area (Å²) >= 11 is 0. The minimum absolute atomic E-state index is 0.111. The van der Waals surface area contributed by atoms with Crippen molar-refractivity contribution in [2.24, 2.45) is 0 Å². The lowest BCUT2D eigenvalue weighted by Crippen LogP contribution is -2.31. The van der Waals surface area contributed by atoms with Crippen LogP contribution >= 0.6 is 0 Å². The van der Waals surface area contributed by atoms with Crippen molar-refractivity contribution >= 4 is 11.8 Å². The van der Waals surface area contributed by atoms with E-state index in [4.69, 9.17) is 0 Å².